The highest BCUT2D eigenvalue weighted by Crippen LogP contribution is 2.38. The molecule has 0 spiro atoms. The first kappa shape index (κ1) is 36.0. The molecule has 2 aromatic carbocycles. The van der Waals surface area contributed by atoms with Crippen molar-refractivity contribution in [2.24, 2.45) is 0 Å². The van der Waals surface area contributed by atoms with Crippen LogP contribution in [0.25, 0.3) is 0 Å². The van der Waals surface area contributed by atoms with Crippen LogP contribution in [0.15, 0.2) is 53.2 Å². The lowest BCUT2D eigenvalue weighted by atomic mass is 9.90. The Hall–Kier alpha value is -2.84. The van der Waals surface area contributed by atoms with E-state index in [1.165, 1.54) is 16.2 Å². The molecule has 0 saturated carbocycles. The van der Waals surface area contributed by atoms with E-state index < -0.39 is 41.0 Å². The SMILES string of the molecule is O=C(c1ccsc1)N1CCC(N2CCN(C3CCN(C(=O)c4cc(C(F)(F)F)cc(C(F)(F)F)c4)C(Cc4ccc(Cl)c(Cl)c4)C3)CC2)C1. The molecule has 0 N–H and O–H groups in total. The molecule has 3 aromatic rings. The van der Waals surface area contributed by atoms with E-state index in [1.54, 1.807) is 18.2 Å². The normalized spacial score (nSPS) is 22.9. The van der Waals surface area contributed by atoms with Crippen LogP contribution < -0.4 is 0 Å². The first-order valence-electron chi connectivity index (χ1n) is 16.0. The number of carbonyl (C=O) groups excluding carboxylic acids is 2. The molecule has 3 atom stereocenters. The van der Waals surface area contributed by atoms with Crippen LogP contribution in [-0.2, 0) is 18.8 Å². The van der Waals surface area contributed by atoms with E-state index >= 15 is 0 Å². The Bertz CT molecular complexity index is 1630. The summed E-state index contributed by atoms with van der Waals surface area (Å²) in [5.74, 6) is -0.829. The monoisotopic (exact) mass is 746 g/mol. The van der Waals surface area contributed by atoms with Gasteiger partial charge in [0, 0.05) is 74.9 Å². The molecule has 0 aliphatic carbocycles. The van der Waals surface area contributed by atoms with Crippen LogP contribution in [0.1, 0.15) is 56.7 Å². The molecule has 264 valence electrons. The van der Waals surface area contributed by atoms with Crippen molar-refractivity contribution in [3.05, 3.63) is 91.1 Å². The number of alkyl halides is 6. The zero-order valence-corrected chi connectivity index (χ0v) is 28.6. The molecule has 3 unspecified atom stereocenters. The number of rotatable bonds is 6. The van der Waals surface area contributed by atoms with Crippen LogP contribution >= 0.6 is 34.5 Å². The maximum Gasteiger partial charge on any atom is 0.416 e. The van der Waals surface area contributed by atoms with Crippen LogP contribution in [0.3, 0.4) is 0 Å². The zero-order chi connectivity index (χ0) is 35.1. The lowest BCUT2D eigenvalue weighted by molar-refractivity contribution is -0.143. The van der Waals surface area contributed by atoms with Crippen LogP contribution in [0.4, 0.5) is 26.3 Å². The Morgan fingerprint density at radius 2 is 1.37 bits per heavy atom. The van der Waals surface area contributed by atoms with Crippen LogP contribution in [0, 0.1) is 0 Å². The van der Waals surface area contributed by atoms with E-state index in [9.17, 15) is 35.9 Å². The van der Waals surface area contributed by atoms with Crippen molar-refractivity contribution in [1.82, 2.24) is 19.6 Å². The summed E-state index contributed by atoms with van der Waals surface area (Å²) in [6.45, 7) is 4.66. The van der Waals surface area contributed by atoms with Crippen molar-refractivity contribution >= 4 is 46.4 Å². The Morgan fingerprint density at radius 1 is 0.735 bits per heavy atom. The minimum absolute atomic E-state index is 0.0283. The first-order chi connectivity index (χ1) is 23.2. The molecule has 0 radical (unpaired) electrons. The second-order valence-electron chi connectivity index (χ2n) is 12.9. The van der Waals surface area contributed by atoms with Crippen molar-refractivity contribution in [2.45, 2.75) is 56.2 Å². The van der Waals surface area contributed by atoms with Crippen molar-refractivity contribution in [1.29, 1.82) is 0 Å². The number of hydrogen-bond acceptors (Lipinski definition) is 5. The molecule has 2 amide bonds. The molecule has 15 heteroatoms. The molecule has 49 heavy (non-hydrogen) atoms. The summed E-state index contributed by atoms with van der Waals surface area (Å²) >= 11 is 13.9. The summed E-state index contributed by atoms with van der Waals surface area (Å²) in [5, 5.41) is 4.39. The van der Waals surface area contributed by atoms with E-state index in [-0.39, 0.29) is 30.6 Å². The number of piperidine rings is 1. The van der Waals surface area contributed by atoms with Gasteiger partial charge in [-0.1, -0.05) is 29.3 Å². The molecular formula is C34H34Cl2F6N4O2S. The minimum Gasteiger partial charge on any atom is -0.337 e. The van der Waals surface area contributed by atoms with Crippen molar-refractivity contribution < 1.29 is 35.9 Å². The minimum atomic E-state index is -5.07. The summed E-state index contributed by atoms with van der Waals surface area (Å²) in [6.07, 6.45) is -7.96. The van der Waals surface area contributed by atoms with E-state index in [1.807, 2.05) is 21.7 Å². The van der Waals surface area contributed by atoms with Gasteiger partial charge in [0.05, 0.1) is 26.7 Å². The third-order valence-corrected chi connectivity index (χ3v) is 11.3. The molecule has 4 heterocycles. The number of benzene rings is 2. The summed E-state index contributed by atoms with van der Waals surface area (Å²) in [6, 6.07) is 7.69. The second-order valence-corrected chi connectivity index (χ2v) is 14.4. The molecule has 6 nitrogen and oxygen atoms in total. The molecular weight excluding hydrogens is 713 g/mol. The highest BCUT2D eigenvalue weighted by atomic mass is 35.5. The van der Waals surface area contributed by atoms with Crippen molar-refractivity contribution in [2.75, 3.05) is 45.8 Å². The van der Waals surface area contributed by atoms with Gasteiger partial charge in [-0.2, -0.15) is 37.7 Å². The Labute approximate surface area is 294 Å². The average Bonchev–Trinajstić information content (AvgIpc) is 3.79. The lowest BCUT2D eigenvalue weighted by Crippen LogP contribution is -2.58. The maximum atomic E-state index is 13.8. The van der Waals surface area contributed by atoms with Crippen molar-refractivity contribution in [3.63, 3.8) is 0 Å². The summed E-state index contributed by atoms with van der Waals surface area (Å²) < 4.78 is 81.8. The van der Waals surface area contributed by atoms with Gasteiger partial charge in [0.1, 0.15) is 0 Å². The van der Waals surface area contributed by atoms with Gasteiger partial charge in [-0.15, -0.1) is 0 Å². The molecule has 3 saturated heterocycles. The fourth-order valence-electron chi connectivity index (χ4n) is 7.27. The third kappa shape index (κ3) is 8.22. The lowest BCUT2D eigenvalue weighted by Gasteiger charge is -2.47. The molecule has 1 aromatic heterocycles. The Kier molecular flexibility index (Phi) is 10.6. The number of halogens is 8. The highest BCUT2D eigenvalue weighted by Gasteiger charge is 2.41. The number of likely N-dealkylation sites (tertiary alicyclic amines) is 2. The van der Waals surface area contributed by atoms with E-state index in [4.69, 9.17) is 23.2 Å². The number of piperazine rings is 1. The molecule has 6 rings (SSSR count). The van der Waals surface area contributed by atoms with Crippen molar-refractivity contribution in [3.8, 4) is 0 Å². The molecule has 0 bridgehead atoms. The summed E-state index contributed by atoms with van der Waals surface area (Å²) in [5.41, 5.74) is -2.26. The van der Waals surface area contributed by atoms with E-state index in [0.29, 0.717) is 60.1 Å². The van der Waals surface area contributed by atoms with Crippen LogP contribution in [0.2, 0.25) is 10.0 Å². The standard InChI is InChI=1S/C34H34Cl2F6N4O2S/c35-29-2-1-21(14-30(29)36)13-28-18-26(4-7-46(28)32(48)23-15-24(33(37,38)39)17-25(16-23)34(40,41)42)43-8-10-44(11-9-43)27-3-6-45(19-27)31(47)22-5-12-49-20-22/h1-2,5,12,14-17,20,26-28H,3-4,6-11,13,18-19H2. The third-order valence-electron chi connectivity index (χ3n) is 9.84. The quantitative estimate of drug-likeness (QED) is 0.241. The Balaban J connectivity index is 1.16. The Morgan fingerprint density at radius 3 is 1.96 bits per heavy atom. The number of amides is 2. The van der Waals surface area contributed by atoms with Gasteiger partial charge in [0.25, 0.3) is 11.8 Å². The molecule has 3 fully saturated rings. The van der Waals surface area contributed by atoms with Gasteiger partial charge < -0.3 is 9.80 Å². The fraction of sp³-hybridized carbons (Fsp3) is 0.471. The second kappa shape index (κ2) is 14.4. The van der Waals surface area contributed by atoms with Gasteiger partial charge >= 0.3 is 12.4 Å². The van der Waals surface area contributed by atoms with E-state index in [0.717, 1.165) is 38.2 Å². The smallest absolute Gasteiger partial charge is 0.337 e. The first-order valence-corrected chi connectivity index (χ1v) is 17.7. The predicted octanol–water partition coefficient (Wildman–Crippen LogP) is 7.84. The van der Waals surface area contributed by atoms with Gasteiger partial charge in [0.15, 0.2) is 0 Å². The fourth-order valence-corrected chi connectivity index (χ4v) is 8.22. The number of carbonyl (C=O) groups is 2. The van der Waals surface area contributed by atoms with Gasteiger partial charge in [0.2, 0.25) is 0 Å². The highest BCUT2D eigenvalue weighted by molar-refractivity contribution is 7.08. The van der Waals surface area contributed by atoms with Crippen LogP contribution in [-0.4, -0.2) is 95.4 Å². The van der Waals surface area contributed by atoms with Gasteiger partial charge in [-0.25, -0.2) is 0 Å². The predicted molar refractivity (Wildman–Crippen MR) is 176 cm³/mol. The number of thiophene rings is 1. The molecule has 3 aliphatic rings. The summed E-state index contributed by atoms with van der Waals surface area (Å²) in [4.78, 5) is 34.7. The summed E-state index contributed by atoms with van der Waals surface area (Å²) in [7, 11) is 0. The van der Waals surface area contributed by atoms with Gasteiger partial charge in [-0.3, -0.25) is 19.4 Å². The largest absolute Gasteiger partial charge is 0.416 e. The topological polar surface area (TPSA) is 47.1 Å². The zero-order valence-electron chi connectivity index (χ0n) is 26.2. The maximum absolute atomic E-state index is 13.8. The van der Waals surface area contributed by atoms with Gasteiger partial charge in [-0.05, 0) is 73.0 Å². The van der Waals surface area contributed by atoms with E-state index in [2.05, 4.69) is 9.80 Å². The molecule has 3 aliphatic heterocycles. The number of nitrogens with zero attached hydrogens (tertiary/aromatic N) is 4. The van der Waals surface area contributed by atoms with Crippen LogP contribution in [0.5, 0.6) is 0 Å². The number of hydrogen-bond donors (Lipinski definition) is 0. The average molecular weight is 748 g/mol.